The molecule has 178 valence electrons. The highest BCUT2D eigenvalue weighted by Gasteiger charge is 2.33. The summed E-state index contributed by atoms with van der Waals surface area (Å²) in [5, 5.41) is 35.5. The summed E-state index contributed by atoms with van der Waals surface area (Å²) in [7, 11) is 0. The molecule has 0 heterocycles. The van der Waals surface area contributed by atoms with Crippen LogP contribution in [0.4, 0.5) is 0 Å². The van der Waals surface area contributed by atoms with Crippen molar-refractivity contribution in [3.05, 3.63) is 35.9 Å². The van der Waals surface area contributed by atoms with Crippen molar-refractivity contribution in [1.29, 1.82) is 0 Å². The Hall–Kier alpha value is -3.02. The maximum absolute atomic E-state index is 12.8. The predicted molar refractivity (Wildman–Crippen MR) is 115 cm³/mol. The molecular weight excluding hydrogens is 420 g/mol. The van der Waals surface area contributed by atoms with Gasteiger partial charge in [-0.25, -0.2) is 4.79 Å². The molecule has 0 saturated heterocycles. The summed E-state index contributed by atoms with van der Waals surface area (Å²) >= 11 is 0. The second-order valence-electron chi connectivity index (χ2n) is 7.84. The lowest BCUT2D eigenvalue weighted by atomic mass is 10.0. The van der Waals surface area contributed by atoms with Crippen molar-refractivity contribution < 1.29 is 34.5 Å². The minimum Gasteiger partial charge on any atom is -0.480 e. The van der Waals surface area contributed by atoms with E-state index in [9.17, 15) is 29.4 Å². The van der Waals surface area contributed by atoms with E-state index in [1.54, 1.807) is 44.2 Å². The summed E-state index contributed by atoms with van der Waals surface area (Å²) in [6, 6.07) is 3.67. The standard InChI is InChI=1S/C21H32N4O7/c1-11(2)16(24-20(30)17(12(3)27)25-18(28)14(22)10-26)19(29)23-15(21(31)32)9-13-7-5-4-6-8-13/h4-8,11-12,14-17,26-27H,9-10,22H2,1-3H3,(H,23,29)(H,24,30)(H,25,28)(H,31,32). The Bertz CT molecular complexity index is 786. The van der Waals surface area contributed by atoms with Crippen LogP contribution < -0.4 is 21.7 Å². The maximum Gasteiger partial charge on any atom is 0.326 e. The van der Waals surface area contributed by atoms with Gasteiger partial charge in [-0.15, -0.1) is 0 Å². The quantitative estimate of drug-likeness (QED) is 0.192. The van der Waals surface area contributed by atoms with Crippen molar-refractivity contribution >= 4 is 23.7 Å². The summed E-state index contributed by atoms with van der Waals surface area (Å²) in [6.45, 7) is 3.90. The van der Waals surface area contributed by atoms with Gasteiger partial charge in [0.1, 0.15) is 24.2 Å². The van der Waals surface area contributed by atoms with Crippen LogP contribution in [0.1, 0.15) is 26.3 Å². The van der Waals surface area contributed by atoms with Crippen LogP contribution in [0.5, 0.6) is 0 Å². The van der Waals surface area contributed by atoms with Gasteiger partial charge in [-0.2, -0.15) is 0 Å². The molecule has 1 rings (SSSR count). The van der Waals surface area contributed by atoms with Gasteiger partial charge in [-0.3, -0.25) is 14.4 Å². The van der Waals surface area contributed by atoms with Crippen LogP contribution in [-0.4, -0.2) is 75.9 Å². The average Bonchev–Trinajstić information content (AvgIpc) is 2.74. The fourth-order valence-corrected chi connectivity index (χ4v) is 2.84. The summed E-state index contributed by atoms with van der Waals surface area (Å²) in [5.74, 6) is -4.10. The average molecular weight is 453 g/mol. The zero-order valence-electron chi connectivity index (χ0n) is 18.3. The third-order valence-electron chi connectivity index (χ3n) is 4.74. The third kappa shape index (κ3) is 8.25. The Kier molecular flexibility index (Phi) is 10.8. The Morgan fingerprint density at radius 1 is 0.906 bits per heavy atom. The summed E-state index contributed by atoms with van der Waals surface area (Å²) < 4.78 is 0. The molecule has 0 radical (unpaired) electrons. The van der Waals surface area contributed by atoms with E-state index in [1.165, 1.54) is 6.92 Å². The number of carboxylic acids is 1. The maximum atomic E-state index is 12.8. The van der Waals surface area contributed by atoms with Gasteiger partial charge in [0, 0.05) is 6.42 Å². The number of carbonyl (C=O) groups excluding carboxylic acids is 3. The molecule has 11 nitrogen and oxygen atoms in total. The van der Waals surface area contributed by atoms with Gasteiger partial charge in [0.2, 0.25) is 17.7 Å². The summed E-state index contributed by atoms with van der Waals surface area (Å²) in [6.07, 6.45) is -1.28. The number of nitrogens with two attached hydrogens (primary N) is 1. The minimum absolute atomic E-state index is 0.0477. The molecule has 3 amide bonds. The fourth-order valence-electron chi connectivity index (χ4n) is 2.84. The molecule has 5 atom stereocenters. The van der Waals surface area contributed by atoms with Crippen molar-refractivity contribution in [2.45, 2.75) is 57.5 Å². The molecule has 0 aliphatic heterocycles. The number of aliphatic hydroxyl groups excluding tert-OH is 2. The zero-order valence-corrected chi connectivity index (χ0v) is 18.3. The van der Waals surface area contributed by atoms with Crippen LogP contribution in [0.2, 0.25) is 0 Å². The van der Waals surface area contributed by atoms with E-state index in [1.807, 2.05) is 0 Å². The van der Waals surface area contributed by atoms with Gasteiger partial charge >= 0.3 is 5.97 Å². The van der Waals surface area contributed by atoms with Crippen LogP contribution >= 0.6 is 0 Å². The number of aliphatic hydroxyl groups is 2. The molecule has 5 unspecified atom stereocenters. The van der Waals surface area contributed by atoms with Crippen LogP contribution in [0.25, 0.3) is 0 Å². The second-order valence-corrected chi connectivity index (χ2v) is 7.84. The normalized spacial score (nSPS) is 15.7. The lowest BCUT2D eigenvalue weighted by Crippen LogP contribution is -2.61. The Morgan fingerprint density at radius 2 is 1.44 bits per heavy atom. The lowest BCUT2D eigenvalue weighted by molar-refractivity contribution is -0.142. The highest BCUT2D eigenvalue weighted by Crippen LogP contribution is 2.08. The van der Waals surface area contributed by atoms with E-state index >= 15 is 0 Å². The van der Waals surface area contributed by atoms with Gasteiger partial charge in [0.25, 0.3) is 0 Å². The Morgan fingerprint density at radius 3 is 1.91 bits per heavy atom. The zero-order chi connectivity index (χ0) is 24.4. The molecule has 8 N–H and O–H groups in total. The SMILES string of the molecule is CC(C)C(NC(=O)C(NC(=O)C(N)CO)C(C)O)C(=O)NC(Cc1ccccc1)C(=O)O. The number of amides is 3. The third-order valence-corrected chi connectivity index (χ3v) is 4.74. The molecule has 0 spiro atoms. The van der Waals surface area contributed by atoms with Crippen molar-refractivity contribution in [2.24, 2.45) is 11.7 Å². The summed E-state index contributed by atoms with van der Waals surface area (Å²) in [5.41, 5.74) is 6.12. The molecule has 1 aromatic rings. The van der Waals surface area contributed by atoms with Gasteiger partial charge in [0.15, 0.2) is 0 Å². The van der Waals surface area contributed by atoms with E-state index in [2.05, 4.69) is 16.0 Å². The Balaban J connectivity index is 2.93. The number of aliphatic carboxylic acids is 1. The molecule has 1 aromatic carbocycles. The van der Waals surface area contributed by atoms with E-state index in [0.29, 0.717) is 5.56 Å². The van der Waals surface area contributed by atoms with Gasteiger partial charge in [-0.1, -0.05) is 44.2 Å². The van der Waals surface area contributed by atoms with Gasteiger partial charge in [0.05, 0.1) is 12.7 Å². The van der Waals surface area contributed by atoms with E-state index < -0.39 is 66.5 Å². The highest BCUT2D eigenvalue weighted by molar-refractivity contribution is 5.94. The van der Waals surface area contributed by atoms with Crippen molar-refractivity contribution in [3.8, 4) is 0 Å². The molecule has 0 aliphatic carbocycles. The van der Waals surface area contributed by atoms with Crippen molar-refractivity contribution in [2.75, 3.05) is 6.61 Å². The van der Waals surface area contributed by atoms with Crippen LogP contribution in [0.15, 0.2) is 30.3 Å². The van der Waals surface area contributed by atoms with Crippen LogP contribution in [0, 0.1) is 5.92 Å². The summed E-state index contributed by atoms with van der Waals surface area (Å²) in [4.78, 5) is 49.0. The number of rotatable bonds is 12. The van der Waals surface area contributed by atoms with Crippen molar-refractivity contribution in [1.82, 2.24) is 16.0 Å². The first-order valence-corrected chi connectivity index (χ1v) is 10.2. The molecule has 0 aliphatic rings. The monoisotopic (exact) mass is 452 g/mol. The first-order valence-electron chi connectivity index (χ1n) is 10.2. The van der Waals surface area contributed by atoms with Gasteiger partial charge < -0.3 is 37.0 Å². The number of benzene rings is 1. The van der Waals surface area contributed by atoms with E-state index in [4.69, 9.17) is 10.8 Å². The predicted octanol–water partition coefficient (Wildman–Crippen LogP) is -1.88. The first kappa shape index (κ1) is 27.0. The topological polar surface area (TPSA) is 191 Å². The number of hydrogen-bond donors (Lipinski definition) is 7. The molecule has 0 saturated carbocycles. The molecular formula is C21H32N4O7. The second kappa shape index (κ2) is 12.7. The largest absolute Gasteiger partial charge is 0.480 e. The molecule has 0 fully saturated rings. The first-order chi connectivity index (χ1) is 15.0. The number of carboxylic acid groups (broad SMARTS) is 1. The van der Waals surface area contributed by atoms with Gasteiger partial charge in [-0.05, 0) is 18.4 Å². The number of nitrogens with one attached hydrogen (secondary N) is 3. The number of hydrogen-bond acceptors (Lipinski definition) is 7. The highest BCUT2D eigenvalue weighted by atomic mass is 16.4. The van der Waals surface area contributed by atoms with Crippen LogP contribution in [0.3, 0.4) is 0 Å². The minimum atomic E-state index is -1.44. The molecule has 32 heavy (non-hydrogen) atoms. The van der Waals surface area contributed by atoms with E-state index in [0.717, 1.165) is 0 Å². The van der Waals surface area contributed by atoms with E-state index in [-0.39, 0.29) is 6.42 Å². The van der Waals surface area contributed by atoms with Crippen molar-refractivity contribution in [3.63, 3.8) is 0 Å². The lowest BCUT2D eigenvalue weighted by Gasteiger charge is -2.28. The smallest absolute Gasteiger partial charge is 0.326 e. The van der Waals surface area contributed by atoms with Crippen LogP contribution in [-0.2, 0) is 25.6 Å². The molecule has 0 aromatic heterocycles. The Labute approximate surface area is 186 Å². The fraction of sp³-hybridized carbons (Fsp3) is 0.524. The number of carbonyl (C=O) groups is 4. The molecule has 11 heteroatoms. The molecule has 0 bridgehead atoms.